The highest BCUT2D eigenvalue weighted by Crippen LogP contribution is 2.54. The molecule has 0 fully saturated rings. The number of fused-ring (bicyclic) bond motifs is 4. The van der Waals surface area contributed by atoms with Crippen molar-refractivity contribution in [2.75, 3.05) is 4.90 Å². The Labute approximate surface area is 231 Å². The van der Waals surface area contributed by atoms with E-state index in [0.717, 1.165) is 21.9 Å². The van der Waals surface area contributed by atoms with Gasteiger partial charge in [0.05, 0.1) is 5.57 Å². The lowest BCUT2D eigenvalue weighted by molar-refractivity contribution is 0.0990. The van der Waals surface area contributed by atoms with Gasteiger partial charge in [-0.1, -0.05) is 80.6 Å². The van der Waals surface area contributed by atoms with Gasteiger partial charge in [-0.05, 0) is 65.2 Å². The Balaban J connectivity index is 1.30. The normalized spacial score (nSPS) is 14.7. The number of benzene rings is 4. The summed E-state index contributed by atoms with van der Waals surface area (Å²) in [6, 6.07) is 36.8. The molecule has 0 aliphatic heterocycles. The van der Waals surface area contributed by atoms with Crippen LogP contribution in [0.1, 0.15) is 50.6 Å². The van der Waals surface area contributed by atoms with Gasteiger partial charge in [-0.25, -0.2) is 0 Å². The molecule has 3 nitrogen and oxygen atoms in total. The lowest BCUT2D eigenvalue weighted by Gasteiger charge is -2.28. The molecule has 0 atom stereocenters. The molecule has 0 unspecified atom stereocenters. The fourth-order valence-electron chi connectivity index (χ4n) is 5.82. The third-order valence-corrected chi connectivity index (χ3v) is 8.94. The Morgan fingerprint density at radius 1 is 0.615 bits per heavy atom. The Morgan fingerprint density at radius 3 is 1.77 bits per heavy atom. The lowest BCUT2D eigenvalue weighted by Crippen LogP contribution is -2.16. The summed E-state index contributed by atoms with van der Waals surface area (Å²) in [5.74, 6) is -0.370. The van der Waals surface area contributed by atoms with Crippen LogP contribution in [0, 0.1) is 0 Å². The number of carbonyl (C=O) groups is 2. The summed E-state index contributed by atoms with van der Waals surface area (Å²) in [6.07, 6.45) is 1.78. The first-order chi connectivity index (χ1) is 18.9. The summed E-state index contributed by atoms with van der Waals surface area (Å²) in [7, 11) is 0. The lowest BCUT2D eigenvalue weighted by atomic mass is 9.82. The number of para-hydroxylation sites is 2. The Bertz CT molecular complexity index is 1740. The van der Waals surface area contributed by atoms with Crippen molar-refractivity contribution in [3.63, 3.8) is 0 Å². The van der Waals surface area contributed by atoms with Crippen molar-refractivity contribution >= 4 is 46.0 Å². The Hall–Kier alpha value is -4.54. The summed E-state index contributed by atoms with van der Waals surface area (Å²) in [5.41, 5.74) is 8.06. The predicted octanol–water partition coefficient (Wildman–Crippen LogP) is 8.99. The van der Waals surface area contributed by atoms with Gasteiger partial charge < -0.3 is 4.90 Å². The number of Topliss-reactive ketones (excluding diaryl/α,β-unsaturated/α-hetero) is 2. The third-order valence-electron chi connectivity index (χ3n) is 7.82. The number of hydrogen-bond donors (Lipinski definition) is 0. The van der Waals surface area contributed by atoms with Crippen LogP contribution in [-0.4, -0.2) is 11.6 Å². The SMILES string of the molecule is CC1(C)c2cc(N(c3ccccc3)c3ccccc3)ccc2-c2sc(C=C3C(=O)c4ccccc4C3=O)cc21. The summed E-state index contributed by atoms with van der Waals surface area (Å²) < 4.78 is 0. The minimum absolute atomic E-state index is 0.185. The average Bonchev–Trinajstić information content (AvgIpc) is 3.56. The number of thiophene rings is 1. The summed E-state index contributed by atoms with van der Waals surface area (Å²) in [5, 5.41) is 0. The van der Waals surface area contributed by atoms with E-state index in [1.807, 2.05) is 12.1 Å². The van der Waals surface area contributed by atoms with Crippen LogP contribution in [0.25, 0.3) is 16.5 Å². The van der Waals surface area contributed by atoms with E-state index >= 15 is 0 Å². The second-order valence-corrected chi connectivity index (χ2v) is 11.6. The molecule has 0 amide bonds. The van der Waals surface area contributed by atoms with E-state index in [0.29, 0.717) is 11.1 Å². The highest BCUT2D eigenvalue weighted by atomic mass is 32.1. The summed E-state index contributed by atoms with van der Waals surface area (Å²) >= 11 is 1.65. The number of allylic oxidation sites excluding steroid dienone is 1. The van der Waals surface area contributed by atoms with Gasteiger partial charge in [-0.3, -0.25) is 9.59 Å². The number of ketones is 2. The van der Waals surface area contributed by atoms with Gasteiger partial charge in [-0.2, -0.15) is 0 Å². The zero-order chi connectivity index (χ0) is 26.7. The van der Waals surface area contributed by atoms with Gasteiger partial charge in [-0.15, -0.1) is 11.3 Å². The molecule has 2 aliphatic carbocycles. The van der Waals surface area contributed by atoms with E-state index in [9.17, 15) is 9.59 Å². The largest absolute Gasteiger partial charge is 0.310 e. The van der Waals surface area contributed by atoms with Gasteiger partial charge in [0.25, 0.3) is 0 Å². The molecule has 7 rings (SSSR count). The van der Waals surface area contributed by atoms with Gasteiger partial charge in [0.2, 0.25) is 0 Å². The minimum atomic E-state index is -0.223. The molecular formula is C35H25NO2S. The number of carbonyl (C=O) groups excluding carboxylic acids is 2. The van der Waals surface area contributed by atoms with Crippen molar-refractivity contribution in [2.24, 2.45) is 0 Å². The van der Waals surface area contributed by atoms with E-state index in [1.165, 1.54) is 21.6 Å². The fourth-order valence-corrected chi connectivity index (χ4v) is 7.13. The van der Waals surface area contributed by atoms with Gasteiger partial charge in [0.15, 0.2) is 11.6 Å². The molecule has 2 aliphatic rings. The molecular weight excluding hydrogens is 498 g/mol. The van der Waals surface area contributed by atoms with E-state index in [-0.39, 0.29) is 22.6 Å². The fraction of sp³-hybridized carbons (Fsp3) is 0.0857. The molecule has 188 valence electrons. The van der Waals surface area contributed by atoms with E-state index < -0.39 is 0 Å². The first-order valence-electron chi connectivity index (χ1n) is 13.0. The van der Waals surface area contributed by atoms with E-state index in [4.69, 9.17) is 0 Å². The Kier molecular flexibility index (Phi) is 5.29. The van der Waals surface area contributed by atoms with Crippen molar-refractivity contribution in [2.45, 2.75) is 19.3 Å². The second kappa shape index (κ2) is 8.75. The maximum Gasteiger partial charge on any atom is 0.197 e. The quantitative estimate of drug-likeness (QED) is 0.174. The van der Waals surface area contributed by atoms with Gasteiger partial charge >= 0.3 is 0 Å². The second-order valence-electron chi connectivity index (χ2n) is 10.5. The zero-order valence-electron chi connectivity index (χ0n) is 21.6. The first-order valence-corrected chi connectivity index (χ1v) is 13.8. The molecule has 1 aromatic heterocycles. The predicted molar refractivity (Wildman–Crippen MR) is 160 cm³/mol. The van der Waals surface area contributed by atoms with Crippen LogP contribution in [0.4, 0.5) is 17.1 Å². The third kappa shape index (κ3) is 3.63. The van der Waals surface area contributed by atoms with Crippen LogP contribution in [-0.2, 0) is 5.41 Å². The number of rotatable bonds is 4. The van der Waals surface area contributed by atoms with Crippen molar-refractivity contribution < 1.29 is 9.59 Å². The highest BCUT2D eigenvalue weighted by Gasteiger charge is 2.38. The van der Waals surface area contributed by atoms with Crippen LogP contribution in [0.5, 0.6) is 0 Å². The monoisotopic (exact) mass is 523 g/mol. The maximum atomic E-state index is 13.0. The molecule has 4 heteroatoms. The van der Waals surface area contributed by atoms with Crippen molar-refractivity contribution in [3.8, 4) is 10.4 Å². The van der Waals surface area contributed by atoms with Crippen molar-refractivity contribution in [3.05, 3.63) is 142 Å². The Morgan fingerprint density at radius 2 is 1.18 bits per heavy atom. The molecule has 0 N–H and O–H groups in total. The average molecular weight is 524 g/mol. The summed E-state index contributed by atoms with van der Waals surface area (Å²) in [4.78, 5) is 30.3. The van der Waals surface area contributed by atoms with Crippen LogP contribution < -0.4 is 4.90 Å². The molecule has 0 saturated heterocycles. The van der Waals surface area contributed by atoms with Crippen LogP contribution in [0.2, 0.25) is 0 Å². The first kappa shape index (κ1) is 23.6. The molecule has 5 aromatic rings. The van der Waals surface area contributed by atoms with Crippen LogP contribution in [0.15, 0.2) is 115 Å². The number of nitrogens with zero attached hydrogens (tertiary/aromatic N) is 1. The zero-order valence-corrected chi connectivity index (χ0v) is 22.5. The molecule has 0 saturated carbocycles. The minimum Gasteiger partial charge on any atom is -0.310 e. The molecule has 0 bridgehead atoms. The van der Waals surface area contributed by atoms with Crippen molar-refractivity contribution in [1.29, 1.82) is 0 Å². The topological polar surface area (TPSA) is 37.4 Å². The van der Waals surface area contributed by atoms with Crippen LogP contribution in [0.3, 0.4) is 0 Å². The van der Waals surface area contributed by atoms with Crippen molar-refractivity contribution in [1.82, 2.24) is 0 Å². The van der Waals surface area contributed by atoms with Gasteiger partial charge in [0.1, 0.15) is 0 Å². The summed E-state index contributed by atoms with van der Waals surface area (Å²) in [6.45, 7) is 4.50. The maximum absolute atomic E-state index is 13.0. The van der Waals surface area contributed by atoms with E-state index in [2.05, 4.69) is 91.5 Å². The molecule has 4 aromatic carbocycles. The number of anilines is 3. The highest BCUT2D eigenvalue weighted by molar-refractivity contribution is 7.16. The smallest absolute Gasteiger partial charge is 0.197 e. The molecule has 1 heterocycles. The molecule has 0 radical (unpaired) electrons. The van der Waals surface area contributed by atoms with Crippen LogP contribution >= 0.6 is 11.3 Å². The molecule has 39 heavy (non-hydrogen) atoms. The van der Waals surface area contributed by atoms with E-state index in [1.54, 1.807) is 41.7 Å². The standard InChI is InChI=1S/C35H25NO2S/c1-35(2)30-19-24(36(22-11-5-3-6-12-22)23-13-7-4-8-14-23)17-18-28(30)34-31(35)21-25(39-34)20-29-32(37)26-15-9-10-16-27(26)33(29)38/h3-21H,1-2H3. The molecule has 0 spiro atoms. The van der Waals surface area contributed by atoms with Gasteiger partial charge in [0, 0.05) is 43.4 Å². The number of hydrogen-bond acceptors (Lipinski definition) is 4.